The summed E-state index contributed by atoms with van der Waals surface area (Å²) in [7, 11) is 0. The number of aliphatic hydroxyl groups is 1. The van der Waals surface area contributed by atoms with Crippen molar-refractivity contribution >= 4 is 17.1 Å². The van der Waals surface area contributed by atoms with Gasteiger partial charge >= 0.3 is 0 Å². The molecule has 2 rings (SSSR count). The summed E-state index contributed by atoms with van der Waals surface area (Å²) < 4.78 is 0. The monoisotopic (exact) mass is 242 g/mol. The Morgan fingerprint density at radius 2 is 1.83 bits per heavy atom. The smallest absolute Gasteiger partial charge is 0.0554 e. The molecule has 0 radical (unpaired) electrons. The quantitative estimate of drug-likeness (QED) is 0.722. The van der Waals surface area contributed by atoms with Crippen molar-refractivity contribution in [1.82, 2.24) is 0 Å². The fourth-order valence-electron chi connectivity index (χ4n) is 1.92. The first-order valence-electron chi connectivity index (χ1n) is 6.04. The third-order valence-electron chi connectivity index (χ3n) is 2.76. The van der Waals surface area contributed by atoms with Crippen molar-refractivity contribution in [3.05, 3.63) is 54.1 Å². The molecular weight excluding hydrogens is 224 g/mol. The molecule has 18 heavy (non-hydrogen) atoms. The van der Waals surface area contributed by atoms with Gasteiger partial charge in [0.15, 0.2) is 0 Å². The van der Waals surface area contributed by atoms with Crippen molar-refractivity contribution in [3.63, 3.8) is 0 Å². The van der Waals surface area contributed by atoms with Crippen LogP contribution in [0.4, 0.5) is 17.1 Å². The molecule has 3 heteroatoms. The first kappa shape index (κ1) is 12.5. The van der Waals surface area contributed by atoms with Crippen LogP contribution >= 0.6 is 0 Å². The summed E-state index contributed by atoms with van der Waals surface area (Å²) in [4.78, 5) is 0. The third-order valence-corrected chi connectivity index (χ3v) is 2.76. The molecular formula is C15H18N2O. The molecule has 0 spiro atoms. The van der Waals surface area contributed by atoms with Gasteiger partial charge in [0.05, 0.1) is 6.10 Å². The van der Waals surface area contributed by atoms with Crippen molar-refractivity contribution < 1.29 is 5.11 Å². The number of nitrogens with two attached hydrogens (primary N) is 1. The highest BCUT2D eigenvalue weighted by Crippen LogP contribution is 2.26. The highest BCUT2D eigenvalue weighted by Gasteiger charge is 2.09. The minimum atomic E-state index is -0.411. The minimum Gasteiger partial charge on any atom is -0.398 e. The fraction of sp³-hybridized carbons (Fsp3) is 0.200. The van der Waals surface area contributed by atoms with Crippen LogP contribution in [-0.4, -0.2) is 11.2 Å². The molecule has 4 N–H and O–H groups in total. The van der Waals surface area contributed by atoms with E-state index in [1.165, 1.54) is 0 Å². The summed E-state index contributed by atoms with van der Waals surface area (Å²) >= 11 is 0. The number of anilines is 3. The second-order valence-electron chi connectivity index (χ2n) is 4.42. The average Bonchev–Trinajstić information content (AvgIpc) is 2.34. The molecule has 0 bridgehead atoms. The van der Waals surface area contributed by atoms with Gasteiger partial charge in [0, 0.05) is 29.0 Å². The number of hydrogen-bond acceptors (Lipinski definition) is 3. The van der Waals surface area contributed by atoms with E-state index in [-0.39, 0.29) is 0 Å². The minimum absolute atomic E-state index is 0.411. The van der Waals surface area contributed by atoms with E-state index in [4.69, 9.17) is 5.73 Å². The van der Waals surface area contributed by atoms with Crippen molar-refractivity contribution in [2.24, 2.45) is 0 Å². The van der Waals surface area contributed by atoms with Gasteiger partial charge in [-0.1, -0.05) is 24.3 Å². The molecule has 0 aromatic heterocycles. The lowest BCUT2D eigenvalue weighted by Gasteiger charge is -2.15. The lowest BCUT2D eigenvalue weighted by molar-refractivity contribution is 0.196. The summed E-state index contributed by atoms with van der Waals surface area (Å²) in [6, 6.07) is 15.7. The first-order valence-corrected chi connectivity index (χ1v) is 6.04. The zero-order valence-electron chi connectivity index (χ0n) is 10.4. The Morgan fingerprint density at radius 1 is 1.11 bits per heavy atom. The summed E-state index contributed by atoms with van der Waals surface area (Å²) in [6.07, 6.45) is 0.132. The Balaban J connectivity index is 2.30. The van der Waals surface area contributed by atoms with Gasteiger partial charge in [-0.3, -0.25) is 0 Å². The number of benzene rings is 2. The highest BCUT2D eigenvalue weighted by molar-refractivity contribution is 5.69. The highest BCUT2D eigenvalue weighted by atomic mass is 16.3. The molecule has 1 atom stereocenters. The van der Waals surface area contributed by atoms with Crippen LogP contribution in [0, 0.1) is 0 Å². The van der Waals surface area contributed by atoms with Gasteiger partial charge < -0.3 is 16.2 Å². The summed E-state index contributed by atoms with van der Waals surface area (Å²) in [5.41, 5.74) is 9.59. The Hall–Kier alpha value is -2.00. The number of nitrogen functional groups attached to an aromatic ring is 1. The Bertz CT molecular complexity index is 509. The summed E-state index contributed by atoms with van der Waals surface area (Å²) in [5.74, 6) is 0. The molecule has 0 heterocycles. The van der Waals surface area contributed by atoms with Crippen LogP contribution in [0.3, 0.4) is 0 Å². The van der Waals surface area contributed by atoms with Crippen molar-refractivity contribution in [3.8, 4) is 0 Å². The number of aliphatic hydroxyl groups excluding tert-OH is 1. The number of rotatable bonds is 4. The zero-order valence-corrected chi connectivity index (χ0v) is 10.4. The van der Waals surface area contributed by atoms with Crippen molar-refractivity contribution in [1.29, 1.82) is 0 Å². The Morgan fingerprint density at radius 3 is 2.50 bits per heavy atom. The summed E-state index contributed by atoms with van der Waals surface area (Å²) in [6.45, 7) is 1.76. The Labute approximate surface area is 107 Å². The lowest BCUT2D eigenvalue weighted by atomic mass is 10.0. The van der Waals surface area contributed by atoms with E-state index < -0.39 is 6.10 Å². The number of para-hydroxylation sites is 1. The van der Waals surface area contributed by atoms with Gasteiger partial charge in [-0.05, 0) is 31.2 Å². The number of hydrogen-bond donors (Lipinski definition) is 3. The zero-order chi connectivity index (χ0) is 13.0. The molecule has 0 saturated heterocycles. The van der Waals surface area contributed by atoms with Crippen LogP contribution in [0.25, 0.3) is 0 Å². The topological polar surface area (TPSA) is 58.3 Å². The molecule has 2 aromatic rings. The molecule has 0 amide bonds. The van der Waals surface area contributed by atoms with E-state index in [1.54, 1.807) is 6.92 Å². The van der Waals surface area contributed by atoms with Gasteiger partial charge in [-0.15, -0.1) is 0 Å². The molecule has 3 nitrogen and oxygen atoms in total. The summed E-state index contributed by atoms with van der Waals surface area (Å²) in [5, 5.41) is 12.9. The molecule has 0 saturated carbocycles. The molecule has 2 aromatic carbocycles. The molecule has 0 aliphatic carbocycles. The molecule has 94 valence electrons. The van der Waals surface area contributed by atoms with Crippen LogP contribution in [0.5, 0.6) is 0 Å². The van der Waals surface area contributed by atoms with E-state index >= 15 is 0 Å². The normalized spacial score (nSPS) is 12.1. The van der Waals surface area contributed by atoms with E-state index in [2.05, 4.69) is 5.32 Å². The molecule has 0 aliphatic rings. The van der Waals surface area contributed by atoms with Gasteiger partial charge in [0.25, 0.3) is 0 Å². The maximum atomic E-state index is 9.54. The molecule has 0 aliphatic heterocycles. The van der Waals surface area contributed by atoms with Crippen LogP contribution in [-0.2, 0) is 6.42 Å². The second kappa shape index (κ2) is 5.56. The van der Waals surface area contributed by atoms with Gasteiger partial charge in [-0.2, -0.15) is 0 Å². The lowest BCUT2D eigenvalue weighted by Crippen LogP contribution is -2.09. The fourth-order valence-corrected chi connectivity index (χ4v) is 1.92. The predicted octanol–water partition coefficient (Wildman–Crippen LogP) is 2.94. The SMILES string of the molecule is CC(O)Cc1c(N)cccc1Nc1ccccc1. The third kappa shape index (κ3) is 3.02. The van der Waals surface area contributed by atoms with Gasteiger partial charge in [0.2, 0.25) is 0 Å². The van der Waals surface area contributed by atoms with E-state index in [0.29, 0.717) is 12.1 Å². The number of nitrogens with one attached hydrogen (secondary N) is 1. The average molecular weight is 242 g/mol. The van der Waals surface area contributed by atoms with Crippen molar-refractivity contribution in [2.45, 2.75) is 19.4 Å². The maximum Gasteiger partial charge on any atom is 0.0554 e. The van der Waals surface area contributed by atoms with E-state index in [1.807, 2.05) is 48.5 Å². The van der Waals surface area contributed by atoms with E-state index in [0.717, 1.165) is 16.9 Å². The standard InChI is InChI=1S/C15H18N2O/c1-11(18)10-13-14(16)8-5-9-15(13)17-12-6-3-2-4-7-12/h2-9,11,17-18H,10,16H2,1H3. The second-order valence-corrected chi connectivity index (χ2v) is 4.42. The Kier molecular flexibility index (Phi) is 3.85. The van der Waals surface area contributed by atoms with Gasteiger partial charge in [-0.25, -0.2) is 0 Å². The van der Waals surface area contributed by atoms with Crippen LogP contribution in [0.15, 0.2) is 48.5 Å². The molecule has 0 fully saturated rings. The predicted molar refractivity (Wildman–Crippen MR) is 76.0 cm³/mol. The van der Waals surface area contributed by atoms with Crippen LogP contribution < -0.4 is 11.1 Å². The van der Waals surface area contributed by atoms with E-state index in [9.17, 15) is 5.11 Å². The van der Waals surface area contributed by atoms with Crippen molar-refractivity contribution in [2.75, 3.05) is 11.1 Å². The largest absolute Gasteiger partial charge is 0.398 e. The maximum absolute atomic E-state index is 9.54. The molecule has 1 unspecified atom stereocenters. The van der Waals surface area contributed by atoms with Gasteiger partial charge in [0.1, 0.15) is 0 Å². The van der Waals surface area contributed by atoms with Crippen LogP contribution in [0.1, 0.15) is 12.5 Å². The first-order chi connectivity index (χ1) is 8.66. The van der Waals surface area contributed by atoms with Crippen LogP contribution in [0.2, 0.25) is 0 Å².